The minimum absolute atomic E-state index is 0.272. The normalized spacial score (nSPS) is 22.9. The third-order valence-electron chi connectivity index (χ3n) is 4.73. The maximum atomic E-state index is 12.6. The predicted octanol–water partition coefficient (Wildman–Crippen LogP) is 2.84. The Morgan fingerprint density at radius 2 is 1.67 bits per heavy atom. The standard InChI is InChI=1S/C18H21NO5/c1-10-7-13(14(18(21)22)8-11(10)2)17(20)19-12-3-4-15-16(9-12)24-6-5-23-15/h3-4,9,13-14H,5-8H2,1-2H3,(H,19,20)(H,21,22). The smallest absolute Gasteiger partial charge is 0.307 e. The Bertz CT molecular complexity index is 709. The van der Waals surface area contributed by atoms with E-state index >= 15 is 0 Å². The lowest BCUT2D eigenvalue weighted by Gasteiger charge is -2.29. The number of rotatable bonds is 3. The molecular weight excluding hydrogens is 310 g/mol. The summed E-state index contributed by atoms with van der Waals surface area (Å²) in [5.74, 6) is -1.22. The van der Waals surface area contributed by atoms with E-state index in [4.69, 9.17) is 9.47 Å². The Morgan fingerprint density at radius 3 is 2.33 bits per heavy atom. The molecule has 0 saturated heterocycles. The Hall–Kier alpha value is -2.50. The van der Waals surface area contributed by atoms with Gasteiger partial charge in [-0.2, -0.15) is 0 Å². The van der Waals surface area contributed by atoms with Crippen molar-refractivity contribution in [1.82, 2.24) is 0 Å². The molecule has 6 nitrogen and oxygen atoms in total. The lowest BCUT2D eigenvalue weighted by molar-refractivity contribution is -0.146. The van der Waals surface area contributed by atoms with Gasteiger partial charge in [0.1, 0.15) is 13.2 Å². The van der Waals surface area contributed by atoms with E-state index in [9.17, 15) is 14.7 Å². The van der Waals surface area contributed by atoms with Gasteiger partial charge in [-0.1, -0.05) is 11.1 Å². The fraction of sp³-hybridized carbons (Fsp3) is 0.444. The van der Waals surface area contributed by atoms with Crippen molar-refractivity contribution in [3.8, 4) is 11.5 Å². The number of carboxylic acid groups (broad SMARTS) is 1. The molecule has 0 aromatic heterocycles. The second kappa shape index (κ2) is 6.55. The Kier molecular flexibility index (Phi) is 4.46. The van der Waals surface area contributed by atoms with Gasteiger partial charge < -0.3 is 19.9 Å². The molecular formula is C18H21NO5. The Labute approximate surface area is 140 Å². The van der Waals surface area contributed by atoms with Crippen molar-refractivity contribution in [2.45, 2.75) is 26.7 Å². The number of benzene rings is 1. The molecule has 0 bridgehead atoms. The number of hydrogen-bond acceptors (Lipinski definition) is 4. The van der Waals surface area contributed by atoms with Gasteiger partial charge in [0.15, 0.2) is 11.5 Å². The van der Waals surface area contributed by atoms with E-state index in [1.54, 1.807) is 18.2 Å². The van der Waals surface area contributed by atoms with E-state index in [0.717, 1.165) is 11.1 Å². The van der Waals surface area contributed by atoms with Gasteiger partial charge >= 0.3 is 5.97 Å². The second-order valence-electron chi connectivity index (χ2n) is 6.37. The minimum atomic E-state index is -0.927. The van der Waals surface area contributed by atoms with Crippen molar-refractivity contribution in [3.05, 3.63) is 29.3 Å². The average Bonchev–Trinajstić information content (AvgIpc) is 2.56. The lowest BCUT2D eigenvalue weighted by Crippen LogP contribution is -2.36. The minimum Gasteiger partial charge on any atom is -0.486 e. The first-order chi connectivity index (χ1) is 11.5. The van der Waals surface area contributed by atoms with Crippen LogP contribution >= 0.6 is 0 Å². The molecule has 2 aliphatic rings. The molecule has 2 atom stereocenters. The van der Waals surface area contributed by atoms with Gasteiger partial charge in [0.2, 0.25) is 5.91 Å². The summed E-state index contributed by atoms with van der Waals surface area (Å²) in [6.45, 7) is 4.86. The lowest BCUT2D eigenvalue weighted by atomic mass is 9.76. The highest BCUT2D eigenvalue weighted by Crippen LogP contribution is 2.36. The number of allylic oxidation sites excluding steroid dienone is 2. The summed E-state index contributed by atoms with van der Waals surface area (Å²) in [6.07, 6.45) is 0.888. The Balaban J connectivity index is 1.77. The van der Waals surface area contributed by atoms with Crippen molar-refractivity contribution in [1.29, 1.82) is 0 Å². The highest BCUT2D eigenvalue weighted by Gasteiger charge is 2.37. The molecule has 1 aromatic rings. The number of ether oxygens (including phenoxy) is 2. The van der Waals surface area contributed by atoms with Crippen molar-refractivity contribution < 1.29 is 24.2 Å². The average molecular weight is 331 g/mol. The highest BCUT2D eigenvalue weighted by molar-refractivity contribution is 5.95. The highest BCUT2D eigenvalue weighted by atomic mass is 16.6. The number of nitrogens with one attached hydrogen (secondary N) is 1. The summed E-state index contributed by atoms with van der Waals surface area (Å²) >= 11 is 0. The summed E-state index contributed by atoms with van der Waals surface area (Å²) in [7, 11) is 0. The van der Waals surface area contributed by atoms with Crippen LogP contribution in [-0.4, -0.2) is 30.2 Å². The first-order valence-corrected chi connectivity index (χ1v) is 8.04. The molecule has 1 aliphatic carbocycles. The fourth-order valence-electron chi connectivity index (χ4n) is 3.18. The van der Waals surface area contributed by atoms with Crippen molar-refractivity contribution >= 4 is 17.6 Å². The van der Waals surface area contributed by atoms with Crippen LogP contribution in [0.1, 0.15) is 26.7 Å². The van der Waals surface area contributed by atoms with E-state index < -0.39 is 17.8 Å². The molecule has 1 aromatic carbocycles. The molecule has 1 amide bonds. The second-order valence-corrected chi connectivity index (χ2v) is 6.37. The zero-order chi connectivity index (χ0) is 17.3. The number of carboxylic acids is 1. The molecule has 6 heteroatoms. The van der Waals surface area contributed by atoms with E-state index in [2.05, 4.69) is 5.32 Å². The quantitative estimate of drug-likeness (QED) is 0.832. The van der Waals surface area contributed by atoms with Crippen LogP contribution < -0.4 is 14.8 Å². The fourth-order valence-corrected chi connectivity index (χ4v) is 3.18. The first kappa shape index (κ1) is 16.4. The van der Waals surface area contributed by atoms with Crippen LogP contribution in [0.3, 0.4) is 0 Å². The van der Waals surface area contributed by atoms with Crippen LogP contribution in [0.4, 0.5) is 5.69 Å². The van der Waals surface area contributed by atoms with Crippen LogP contribution in [0.5, 0.6) is 11.5 Å². The largest absolute Gasteiger partial charge is 0.486 e. The summed E-state index contributed by atoms with van der Waals surface area (Å²) in [5, 5.41) is 12.3. The third kappa shape index (κ3) is 3.22. The van der Waals surface area contributed by atoms with E-state index in [1.807, 2.05) is 13.8 Å². The van der Waals surface area contributed by atoms with Gasteiger partial charge in [-0.05, 0) is 38.8 Å². The summed E-state index contributed by atoms with van der Waals surface area (Å²) in [6, 6.07) is 5.19. The molecule has 24 heavy (non-hydrogen) atoms. The molecule has 128 valence electrons. The van der Waals surface area contributed by atoms with Crippen LogP contribution in [0.2, 0.25) is 0 Å². The molecule has 0 saturated carbocycles. The molecule has 0 radical (unpaired) electrons. The van der Waals surface area contributed by atoms with E-state index in [1.165, 1.54) is 0 Å². The SMILES string of the molecule is CC1=C(C)CC(C(=O)Nc2ccc3c(c2)OCCO3)C(C(=O)O)C1. The van der Waals surface area contributed by atoms with Crippen molar-refractivity contribution in [2.75, 3.05) is 18.5 Å². The zero-order valence-corrected chi connectivity index (χ0v) is 13.8. The van der Waals surface area contributed by atoms with Gasteiger partial charge in [-0.25, -0.2) is 0 Å². The van der Waals surface area contributed by atoms with Gasteiger partial charge in [-0.15, -0.1) is 0 Å². The van der Waals surface area contributed by atoms with Gasteiger partial charge in [0, 0.05) is 11.8 Å². The van der Waals surface area contributed by atoms with Crippen LogP contribution in [0, 0.1) is 11.8 Å². The van der Waals surface area contributed by atoms with Gasteiger partial charge in [-0.3, -0.25) is 9.59 Å². The molecule has 2 N–H and O–H groups in total. The van der Waals surface area contributed by atoms with E-state index in [0.29, 0.717) is 43.2 Å². The van der Waals surface area contributed by atoms with Crippen molar-refractivity contribution in [3.63, 3.8) is 0 Å². The summed E-state index contributed by atoms with van der Waals surface area (Å²) in [4.78, 5) is 24.2. The Morgan fingerprint density at radius 1 is 1.04 bits per heavy atom. The first-order valence-electron chi connectivity index (χ1n) is 8.04. The van der Waals surface area contributed by atoms with Crippen LogP contribution in [0.25, 0.3) is 0 Å². The zero-order valence-electron chi connectivity index (χ0n) is 13.8. The number of carbonyl (C=O) groups excluding carboxylic acids is 1. The number of carbonyl (C=O) groups is 2. The summed E-state index contributed by atoms with van der Waals surface area (Å²) < 4.78 is 11.0. The summed E-state index contributed by atoms with van der Waals surface area (Å²) in [5.41, 5.74) is 2.73. The number of hydrogen-bond donors (Lipinski definition) is 2. The molecule has 1 heterocycles. The van der Waals surface area contributed by atoms with Crippen molar-refractivity contribution in [2.24, 2.45) is 11.8 Å². The van der Waals surface area contributed by atoms with E-state index in [-0.39, 0.29) is 5.91 Å². The van der Waals surface area contributed by atoms with Crippen LogP contribution in [-0.2, 0) is 9.59 Å². The predicted molar refractivity (Wildman–Crippen MR) is 88.3 cm³/mol. The molecule has 1 aliphatic heterocycles. The number of amides is 1. The monoisotopic (exact) mass is 331 g/mol. The molecule has 0 fully saturated rings. The maximum Gasteiger partial charge on any atom is 0.307 e. The number of anilines is 1. The molecule has 2 unspecified atom stereocenters. The molecule has 0 spiro atoms. The van der Waals surface area contributed by atoms with Gasteiger partial charge in [0.05, 0.1) is 11.8 Å². The van der Waals surface area contributed by atoms with Crippen LogP contribution in [0.15, 0.2) is 29.3 Å². The number of fused-ring (bicyclic) bond motifs is 1. The van der Waals surface area contributed by atoms with Gasteiger partial charge in [0.25, 0.3) is 0 Å². The maximum absolute atomic E-state index is 12.6. The topological polar surface area (TPSA) is 84.9 Å². The molecule has 3 rings (SSSR count). The third-order valence-corrected chi connectivity index (χ3v) is 4.73. The number of aliphatic carboxylic acids is 1.